The minimum absolute atomic E-state index is 0.153. The Bertz CT molecular complexity index is 983. The normalized spacial score (nSPS) is 21.3. The number of amides is 4. The third-order valence-electron chi connectivity index (χ3n) is 5.40. The lowest BCUT2D eigenvalue weighted by Gasteiger charge is -2.20. The summed E-state index contributed by atoms with van der Waals surface area (Å²) in [6, 6.07) is 6.98. The van der Waals surface area contributed by atoms with Crippen molar-refractivity contribution in [2.75, 3.05) is 19.0 Å². The number of anilines is 1. The van der Waals surface area contributed by atoms with Crippen LogP contribution in [0.2, 0.25) is 0 Å². The monoisotopic (exact) mass is 414 g/mol. The first-order chi connectivity index (χ1) is 13.8. The Morgan fingerprint density at radius 3 is 2.66 bits per heavy atom. The fraction of sp³-hybridized carbons (Fsp3) is 0.400. The van der Waals surface area contributed by atoms with E-state index in [1.54, 1.807) is 14.0 Å². The number of methoxy groups -OCH3 is 1. The molecule has 152 valence electrons. The van der Waals surface area contributed by atoms with Crippen LogP contribution in [0, 0.1) is 12.8 Å². The number of nitrogens with one attached hydrogen (secondary N) is 2. The van der Waals surface area contributed by atoms with Gasteiger partial charge in [0.2, 0.25) is 5.91 Å². The molecule has 2 N–H and O–H groups in total. The van der Waals surface area contributed by atoms with Gasteiger partial charge in [-0.3, -0.25) is 14.5 Å². The van der Waals surface area contributed by atoms with E-state index in [1.807, 2.05) is 31.2 Å². The molecule has 0 bridgehead atoms. The lowest BCUT2D eigenvalue weighted by atomic mass is 9.96. The molecule has 9 heteroatoms. The summed E-state index contributed by atoms with van der Waals surface area (Å²) < 4.78 is 5.17. The van der Waals surface area contributed by atoms with Gasteiger partial charge >= 0.3 is 6.03 Å². The third kappa shape index (κ3) is 3.57. The molecule has 4 rings (SSSR count). The summed E-state index contributed by atoms with van der Waals surface area (Å²) in [5.41, 5.74) is 0.787. The number of carbonyl (C=O) groups is 3. The van der Waals surface area contributed by atoms with E-state index < -0.39 is 17.5 Å². The standard InChI is InChI=1S/C20H22N4O4S/c1-11-16(12-4-8-14(28-3)9-5-12)22-18(29-11)21-15(25)10-24-17(26)20(2,13-6-7-13)23-19(24)27/h4-5,8-9,13H,6-7,10H2,1-3H3,(H,23,27)(H,21,22,25)/t20-/m0/s1. The maximum atomic E-state index is 12.6. The van der Waals surface area contributed by atoms with Crippen molar-refractivity contribution in [1.82, 2.24) is 15.2 Å². The van der Waals surface area contributed by atoms with Crippen LogP contribution >= 0.6 is 11.3 Å². The van der Waals surface area contributed by atoms with Crippen molar-refractivity contribution < 1.29 is 19.1 Å². The molecule has 1 saturated carbocycles. The molecule has 29 heavy (non-hydrogen) atoms. The number of nitrogens with zero attached hydrogens (tertiary/aromatic N) is 2. The molecule has 0 radical (unpaired) electrons. The fourth-order valence-electron chi connectivity index (χ4n) is 3.57. The molecule has 0 spiro atoms. The molecule has 1 saturated heterocycles. The fourth-order valence-corrected chi connectivity index (χ4v) is 4.42. The van der Waals surface area contributed by atoms with Crippen molar-refractivity contribution in [3.8, 4) is 17.0 Å². The van der Waals surface area contributed by atoms with Gasteiger partial charge in [-0.25, -0.2) is 9.78 Å². The van der Waals surface area contributed by atoms with E-state index >= 15 is 0 Å². The molecule has 4 amide bonds. The van der Waals surface area contributed by atoms with E-state index in [0.29, 0.717) is 5.13 Å². The van der Waals surface area contributed by atoms with E-state index in [-0.39, 0.29) is 18.4 Å². The van der Waals surface area contributed by atoms with E-state index in [9.17, 15) is 14.4 Å². The number of imide groups is 1. The molecule has 1 aromatic heterocycles. The Balaban J connectivity index is 1.44. The summed E-state index contributed by atoms with van der Waals surface area (Å²) >= 11 is 1.34. The summed E-state index contributed by atoms with van der Waals surface area (Å²) in [7, 11) is 1.61. The van der Waals surface area contributed by atoms with Crippen molar-refractivity contribution >= 4 is 34.3 Å². The smallest absolute Gasteiger partial charge is 0.325 e. The van der Waals surface area contributed by atoms with E-state index in [2.05, 4.69) is 15.6 Å². The third-order valence-corrected chi connectivity index (χ3v) is 6.29. The van der Waals surface area contributed by atoms with Crippen LogP contribution in [0.3, 0.4) is 0 Å². The van der Waals surface area contributed by atoms with Crippen LogP contribution in [0.15, 0.2) is 24.3 Å². The second-order valence-electron chi connectivity index (χ2n) is 7.50. The first-order valence-electron chi connectivity index (χ1n) is 9.37. The maximum Gasteiger partial charge on any atom is 0.325 e. The molecule has 1 atom stereocenters. The maximum absolute atomic E-state index is 12.6. The van der Waals surface area contributed by atoms with Crippen LogP contribution in [0.1, 0.15) is 24.6 Å². The number of urea groups is 1. The van der Waals surface area contributed by atoms with Crippen molar-refractivity contribution in [3.05, 3.63) is 29.1 Å². The van der Waals surface area contributed by atoms with Crippen LogP contribution in [0.4, 0.5) is 9.93 Å². The highest BCUT2D eigenvalue weighted by atomic mass is 32.1. The highest BCUT2D eigenvalue weighted by Gasteiger charge is 2.56. The zero-order valence-electron chi connectivity index (χ0n) is 16.4. The molecule has 1 aliphatic heterocycles. The van der Waals surface area contributed by atoms with E-state index in [4.69, 9.17) is 4.74 Å². The average Bonchev–Trinajstić information content (AvgIpc) is 3.46. The second-order valence-corrected chi connectivity index (χ2v) is 8.70. The Labute approximate surface area is 172 Å². The minimum atomic E-state index is -0.892. The molecule has 2 fully saturated rings. The molecule has 2 aromatic rings. The van der Waals surface area contributed by atoms with Gasteiger partial charge in [0.05, 0.1) is 12.8 Å². The molecular weight excluding hydrogens is 392 g/mol. The van der Waals surface area contributed by atoms with Gasteiger partial charge < -0.3 is 15.4 Å². The predicted octanol–water partition coefficient (Wildman–Crippen LogP) is 2.79. The van der Waals surface area contributed by atoms with Crippen LogP contribution in [0.5, 0.6) is 5.75 Å². The van der Waals surface area contributed by atoms with Gasteiger partial charge in [-0.05, 0) is 56.9 Å². The van der Waals surface area contributed by atoms with Gasteiger partial charge in [0.15, 0.2) is 5.13 Å². The van der Waals surface area contributed by atoms with Crippen LogP contribution in [-0.2, 0) is 9.59 Å². The first-order valence-corrected chi connectivity index (χ1v) is 10.2. The van der Waals surface area contributed by atoms with Crippen LogP contribution in [-0.4, -0.2) is 46.9 Å². The Morgan fingerprint density at radius 2 is 2.03 bits per heavy atom. The summed E-state index contributed by atoms with van der Waals surface area (Å²) in [5.74, 6) is 0.112. The van der Waals surface area contributed by atoms with E-state index in [1.165, 1.54) is 11.3 Å². The van der Waals surface area contributed by atoms with Crippen molar-refractivity contribution in [2.45, 2.75) is 32.2 Å². The zero-order valence-corrected chi connectivity index (χ0v) is 17.3. The zero-order chi connectivity index (χ0) is 20.8. The number of aromatic nitrogens is 1. The van der Waals surface area contributed by atoms with Crippen molar-refractivity contribution in [1.29, 1.82) is 0 Å². The van der Waals surface area contributed by atoms with Crippen LogP contribution < -0.4 is 15.4 Å². The number of carbonyl (C=O) groups excluding carboxylic acids is 3. The number of rotatable bonds is 6. The topological polar surface area (TPSA) is 101 Å². The van der Waals surface area contributed by atoms with E-state index in [0.717, 1.165) is 39.6 Å². The second kappa shape index (κ2) is 7.14. The molecular formula is C20H22N4O4S. The van der Waals surface area contributed by atoms with Crippen molar-refractivity contribution in [3.63, 3.8) is 0 Å². The Kier molecular flexibility index (Phi) is 4.77. The summed E-state index contributed by atoms with van der Waals surface area (Å²) in [4.78, 5) is 43.7. The Morgan fingerprint density at radius 1 is 1.34 bits per heavy atom. The van der Waals surface area contributed by atoms with Gasteiger partial charge in [0.1, 0.15) is 17.8 Å². The number of hydrogen-bond acceptors (Lipinski definition) is 6. The minimum Gasteiger partial charge on any atom is -0.497 e. The van der Waals surface area contributed by atoms with Gasteiger partial charge in [-0.15, -0.1) is 11.3 Å². The number of benzene rings is 1. The number of ether oxygens (including phenoxy) is 1. The predicted molar refractivity (Wildman–Crippen MR) is 109 cm³/mol. The first kappa shape index (κ1) is 19.4. The van der Waals surface area contributed by atoms with Crippen molar-refractivity contribution in [2.24, 2.45) is 5.92 Å². The number of hydrogen-bond donors (Lipinski definition) is 2. The van der Waals surface area contributed by atoms with Gasteiger partial charge in [-0.2, -0.15) is 0 Å². The molecule has 2 heterocycles. The SMILES string of the molecule is COc1ccc(-c2nc(NC(=O)CN3C(=O)N[C@@](C)(C4CC4)C3=O)sc2C)cc1. The molecule has 1 aromatic carbocycles. The number of thiazole rings is 1. The highest BCUT2D eigenvalue weighted by Crippen LogP contribution is 2.42. The average molecular weight is 414 g/mol. The quantitative estimate of drug-likeness (QED) is 0.708. The van der Waals surface area contributed by atoms with Gasteiger partial charge in [-0.1, -0.05) is 0 Å². The highest BCUT2D eigenvalue weighted by molar-refractivity contribution is 7.16. The summed E-state index contributed by atoms with van der Waals surface area (Å²) in [5, 5.41) is 5.87. The molecule has 1 aliphatic carbocycles. The molecule has 0 unspecified atom stereocenters. The number of aryl methyl sites for hydroxylation is 1. The lowest BCUT2D eigenvalue weighted by Crippen LogP contribution is -2.46. The summed E-state index contributed by atoms with van der Waals surface area (Å²) in [6.07, 6.45) is 1.82. The van der Waals surface area contributed by atoms with Crippen LogP contribution in [0.25, 0.3) is 11.3 Å². The van der Waals surface area contributed by atoms with Gasteiger partial charge in [0.25, 0.3) is 5.91 Å². The molecule has 8 nitrogen and oxygen atoms in total. The van der Waals surface area contributed by atoms with Gasteiger partial charge in [0, 0.05) is 10.4 Å². The lowest BCUT2D eigenvalue weighted by molar-refractivity contribution is -0.134. The molecule has 2 aliphatic rings. The largest absolute Gasteiger partial charge is 0.497 e. The Hall–Kier alpha value is -2.94. The summed E-state index contributed by atoms with van der Waals surface area (Å²) in [6.45, 7) is 3.32.